The molecule has 4 heteroatoms. The summed E-state index contributed by atoms with van der Waals surface area (Å²) in [6.07, 6.45) is 0.663. The Bertz CT molecular complexity index is 529. The molecule has 0 atom stereocenters. The Kier molecular flexibility index (Phi) is 5.38. The van der Waals surface area contributed by atoms with Crippen molar-refractivity contribution in [3.8, 4) is 11.5 Å². The van der Waals surface area contributed by atoms with Crippen LogP contribution in [0.2, 0.25) is 0 Å². The third kappa shape index (κ3) is 4.24. The Morgan fingerprint density at radius 1 is 0.950 bits per heavy atom. The molecule has 0 aromatic heterocycles. The van der Waals surface area contributed by atoms with Crippen LogP contribution in [0.3, 0.4) is 0 Å². The molecule has 1 N–H and O–H groups in total. The summed E-state index contributed by atoms with van der Waals surface area (Å²) in [4.78, 5) is 0. The third-order valence-electron chi connectivity index (χ3n) is 2.74. The zero-order valence-corrected chi connectivity index (χ0v) is 11.1. The minimum Gasteiger partial charge on any atom is -0.493 e. The zero-order valence-electron chi connectivity index (χ0n) is 11.1. The van der Waals surface area contributed by atoms with Crippen molar-refractivity contribution in [3.05, 3.63) is 59.9 Å². The van der Waals surface area contributed by atoms with Gasteiger partial charge >= 0.3 is 0 Å². The van der Waals surface area contributed by atoms with Crippen molar-refractivity contribution in [2.24, 2.45) is 0 Å². The molecular formula is C16H17FO3. The molecule has 0 saturated carbocycles. The molecule has 0 aliphatic heterocycles. The minimum absolute atomic E-state index is 0.178. The van der Waals surface area contributed by atoms with E-state index in [0.29, 0.717) is 25.2 Å². The van der Waals surface area contributed by atoms with Crippen molar-refractivity contribution in [3.63, 3.8) is 0 Å². The van der Waals surface area contributed by atoms with E-state index in [2.05, 4.69) is 0 Å². The fourth-order valence-corrected chi connectivity index (χ4v) is 1.71. The second kappa shape index (κ2) is 7.50. The van der Waals surface area contributed by atoms with Gasteiger partial charge in [-0.1, -0.05) is 24.3 Å². The zero-order chi connectivity index (χ0) is 14.2. The maximum Gasteiger partial charge on any atom is 0.165 e. The highest BCUT2D eigenvalue weighted by Gasteiger charge is 2.04. The van der Waals surface area contributed by atoms with Crippen LogP contribution in [0.25, 0.3) is 0 Å². The van der Waals surface area contributed by atoms with Crippen LogP contribution in [-0.4, -0.2) is 18.3 Å². The number of aliphatic hydroxyl groups excluding tert-OH is 1. The van der Waals surface area contributed by atoms with Gasteiger partial charge in [-0.05, 0) is 29.8 Å². The summed E-state index contributed by atoms with van der Waals surface area (Å²) in [5, 5.41) is 8.88. The molecule has 2 rings (SSSR count). The van der Waals surface area contributed by atoms with E-state index in [1.54, 1.807) is 6.07 Å². The Hall–Kier alpha value is -2.07. The van der Waals surface area contributed by atoms with Crippen LogP contribution in [0.1, 0.15) is 12.0 Å². The summed E-state index contributed by atoms with van der Waals surface area (Å²) in [5.74, 6) is 0.549. The van der Waals surface area contributed by atoms with Crippen LogP contribution in [0.5, 0.6) is 11.5 Å². The van der Waals surface area contributed by atoms with Gasteiger partial charge in [-0.2, -0.15) is 0 Å². The molecule has 2 aromatic rings. The highest BCUT2D eigenvalue weighted by Crippen LogP contribution is 2.18. The van der Waals surface area contributed by atoms with Crippen molar-refractivity contribution in [2.45, 2.75) is 13.0 Å². The molecule has 0 radical (unpaired) electrons. The van der Waals surface area contributed by atoms with Gasteiger partial charge in [0.05, 0.1) is 19.8 Å². The van der Waals surface area contributed by atoms with Crippen molar-refractivity contribution < 1.29 is 19.0 Å². The number of benzene rings is 2. The van der Waals surface area contributed by atoms with Crippen LogP contribution >= 0.6 is 0 Å². The van der Waals surface area contributed by atoms with Crippen molar-refractivity contribution in [2.75, 3.05) is 13.2 Å². The first kappa shape index (κ1) is 14.3. The average Bonchev–Trinajstić information content (AvgIpc) is 2.49. The third-order valence-corrected chi connectivity index (χ3v) is 2.74. The number of hydrogen-bond acceptors (Lipinski definition) is 3. The molecule has 0 amide bonds. The van der Waals surface area contributed by atoms with Crippen LogP contribution in [0.15, 0.2) is 48.5 Å². The van der Waals surface area contributed by atoms with Gasteiger partial charge in [0.1, 0.15) is 5.75 Å². The molecule has 0 spiro atoms. The lowest BCUT2D eigenvalue weighted by Gasteiger charge is -2.09. The molecule has 0 heterocycles. The monoisotopic (exact) mass is 276 g/mol. The van der Waals surface area contributed by atoms with E-state index in [4.69, 9.17) is 14.6 Å². The van der Waals surface area contributed by atoms with Crippen molar-refractivity contribution >= 4 is 0 Å². The molecule has 2 aromatic carbocycles. The number of hydrogen-bond donors (Lipinski definition) is 1. The van der Waals surface area contributed by atoms with Gasteiger partial charge in [0.2, 0.25) is 0 Å². The molecule has 0 unspecified atom stereocenters. The van der Waals surface area contributed by atoms with E-state index in [9.17, 15) is 4.39 Å². The Morgan fingerprint density at radius 2 is 1.70 bits per heavy atom. The molecule has 3 nitrogen and oxygen atoms in total. The molecule has 106 valence electrons. The molecule has 20 heavy (non-hydrogen) atoms. The highest BCUT2D eigenvalue weighted by atomic mass is 19.1. The highest BCUT2D eigenvalue weighted by molar-refractivity contribution is 5.29. The first-order valence-corrected chi connectivity index (χ1v) is 6.49. The van der Waals surface area contributed by atoms with E-state index < -0.39 is 5.82 Å². The summed E-state index contributed by atoms with van der Waals surface area (Å²) in [5.41, 5.74) is 0.530. The Balaban J connectivity index is 1.71. The van der Waals surface area contributed by atoms with Gasteiger partial charge in [-0.15, -0.1) is 0 Å². The summed E-state index contributed by atoms with van der Waals surface area (Å²) in [6.45, 7) is 0.713. The second-order valence-electron chi connectivity index (χ2n) is 4.29. The summed E-state index contributed by atoms with van der Waals surface area (Å²) >= 11 is 0. The number of para-hydroxylation sites is 1. The average molecular weight is 276 g/mol. The maximum absolute atomic E-state index is 13.5. The number of aliphatic hydroxyl groups is 1. The number of halogens is 1. The fraction of sp³-hybridized carbons (Fsp3) is 0.250. The minimum atomic E-state index is -0.458. The van der Waals surface area contributed by atoms with Crippen LogP contribution in [-0.2, 0) is 6.61 Å². The van der Waals surface area contributed by atoms with E-state index in [1.165, 1.54) is 12.1 Å². The lowest BCUT2D eigenvalue weighted by atomic mass is 10.2. The van der Waals surface area contributed by atoms with E-state index in [0.717, 1.165) is 5.75 Å². The lowest BCUT2D eigenvalue weighted by Crippen LogP contribution is -2.06. The van der Waals surface area contributed by atoms with Crippen LogP contribution < -0.4 is 9.47 Å². The molecule has 0 saturated heterocycles. The van der Waals surface area contributed by atoms with Gasteiger partial charge in [0.15, 0.2) is 11.6 Å². The van der Waals surface area contributed by atoms with Crippen LogP contribution in [0.4, 0.5) is 4.39 Å². The van der Waals surface area contributed by atoms with Crippen molar-refractivity contribution in [1.29, 1.82) is 0 Å². The molecule has 0 aliphatic rings. The van der Waals surface area contributed by atoms with Gasteiger partial charge in [0.25, 0.3) is 0 Å². The normalized spacial score (nSPS) is 10.3. The topological polar surface area (TPSA) is 38.7 Å². The molecular weight excluding hydrogens is 259 g/mol. The quantitative estimate of drug-likeness (QED) is 0.789. The fourth-order valence-electron chi connectivity index (χ4n) is 1.71. The summed E-state index contributed by atoms with van der Waals surface area (Å²) in [6, 6.07) is 13.9. The lowest BCUT2D eigenvalue weighted by molar-refractivity contribution is 0.240. The number of rotatable bonds is 7. The smallest absolute Gasteiger partial charge is 0.165 e. The van der Waals surface area contributed by atoms with E-state index in [-0.39, 0.29) is 12.4 Å². The van der Waals surface area contributed by atoms with Gasteiger partial charge in [-0.3, -0.25) is 0 Å². The summed E-state index contributed by atoms with van der Waals surface area (Å²) in [7, 11) is 0. The second-order valence-corrected chi connectivity index (χ2v) is 4.29. The van der Waals surface area contributed by atoms with Crippen molar-refractivity contribution in [1.82, 2.24) is 0 Å². The number of ether oxygens (including phenoxy) is 2. The van der Waals surface area contributed by atoms with E-state index in [1.807, 2.05) is 30.3 Å². The largest absolute Gasteiger partial charge is 0.493 e. The SMILES string of the molecule is OCc1ccc(OCCCOc2ccccc2)c(F)c1. The summed E-state index contributed by atoms with van der Waals surface area (Å²) < 4.78 is 24.4. The predicted octanol–water partition coefficient (Wildman–Crippen LogP) is 3.17. The van der Waals surface area contributed by atoms with Gasteiger partial charge < -0.3 is 14.6 Å². The Labute approximate surface area is 117 Å². The van der Waals surface area contributed by atoms with Crippen LogP contribution in [0, 0.1) is 5.82 Å². The van der Waals surface area contributed by atoms with Gasteiger partial charge in [-0.25, -0.2) is 4.39 Å². The molecule has 0 fully saturated rings. The van der Waals surface area contributed by atoms with E-state index >= 15 is 0 Å². The predicted molar refractivity (Wildman–Crippen MR) is 74.4 cm³/mol. The first-order valence-electron chi connectivity index (χ1n) is 6.49. The first-order chi connectivity index (χ1) is 9.79. The standard InChI is InChI=1S/C16H17FO3/c17-15-11-13(12-18)7-8-16(15)20-10-4-9-19-14-5-2-1-3-6-14/h1-3,5-8,11,18H,4,9-10,12H2. The Morgan fingerprint density at radius 3 is 2.40 bits per heavy atom. The molecule has 0 aliphatic carbocycles. The maximum atomic E-state index is 13.5. The molecule has 0 bridgehead atoms. The van der Waals surface area contributed by atoms with Gasteiger partial charge in [0, 0.05) is 6.42 Å².